The molecule has 1 aliphatic heterocycles. The van der Waals surface area contributed by atoms with E-state index in [2.05, 4.69) is 4.90 Å². The predicted molar refractivity (Wildman–Crippen MR) is 66.1 cm³/mol. The quantitative estimate of drug-likeness (QED) is 0.873. The molecule has 1 saturated carbocycles. The SMILES string of the molecule is N#Cc1ccc(N2CC(O)(C3CC3)C2)cc1Cl. The number of hydrogen-bond acceptors (Lipinski definition) is 3. The standard InChI is InChI=1S/C13H13ClN2O/c14-12-5-11(4-1-9(12)6-15)16-7-13(17,8-16)10-2-3-10/h1,4-5,10,17H,2-3,7-8H2. The zero-order chi connectivity index (χ0) is 12.0. The van der Waals surface area contributed by atoms with Gasteiger partial charge >= 0.3 is 0 Å². The minimum atomic E-state index is -0.486. The fourth-order valence-electron chi connectivity index (χ4n) is 2.47. The number of nitriles is 1. The van der Waals surface area contributed by atoms with E-state index in [0.29, 0.717) is 29.6 Å². The summed E-state index contributed by atoms with van der Waals surface area (Å²) >= 11 is 5.99. The molecule has 0 radical (unpaired) electrons. The Morgan fingerprint density at radius 1 is 1.41 bits per heavy atom. The van der Waals surface area contributed by atoms with Crippen molar-refractivity contribution in [2.24, 2.45) is 5.92 Å². The highest BCUT2D eigenvalue weighted by molar-refractivity contribution is 6.32. The molecule has 17 heavy (non-hydrogen) atoms. The first-order valence-electron chi connectivity index (χ1n) is 5.79. The van der Waals surface area contributed by atoms with Crippen molar-refractivity contribution in [3.05, 3.63) is 28.8 Å². The summed E-state index contributed by atoms with van der Waals surface area (Å²) < 4.78 is 0. The molecule has 0 amide bonds. The van der Waals surface area contributed by atoms with Crippen LogP contribution in [-0.4, -0.2) is 23.8 Å². The van der Waals surface area contributed by atoms with Crippen molar-refractivity contribution in [1.29, 1.82) is 5.26 Å². The lowest BCUT2D eigenvalue weighted by Gasteiger charge is -2.48. The van der Waals surface area contributed by atoms with Gasteiger partial charge in [0.05, 0.1) is 10.6 Å². The van der Waals surface area contributed by atoms with Crippen LogP contribution in [0, 0.1) is 17.2 Å². The topological polar surface area (TPSA) is 47.3 Å². The van der Waals surface area contributed by atoms with E-state index in [-0.39, 0.29) is 0 Å². The highest BCUT2D eigenvalue weighted by Gasteiger charge is 2.51. The first kappa shape index (κ1) is 10.9. The molecule has 4 heteroatoms. The van der Waals surface area contributed by atoms with Gasteiger partial charge in [-0.1, -0.05) is 11.6 Å². The third kappa shape index (κ3) is 1.78. The van der Waals surface area contributed by atoms with Gasteiger partial charge in [-0.3, -0.25) is 0 Å². The molecule has 3 nitrogen and oxygen atoms in total. The van der Waals surface area contributed by atoms with Crippen LogP contribution >= 0.6 is 11.6 Å². The summed E-state index contributed by atoms with van der Waals surface area (Å²) in [6, 6.07) is 7.45. The number of aliphatic hydroxyl groups is 1. The molecule has 1 saturated heterocycles. The molecular weight excluding hydrogens is 236 g/mol. The molecule has 0 unspecified atom stereocenters. The van der Waals surface area contributed by atoms with Gasteiger partial charge in [0.15, 0.2) is 0 Å². The number of β-amino-alcohol motifs (C(OH)–C–C–N with tert-alkyl or cyclic N) is 1. The van der Waals surface area contributed by atoms with Crippen LogP contribution in [0.25, 0.3) is 0 Å². The lowest BCUT2D eigenvalue weighted by atomic mass is 9.88. The van der Waals surface area contributed by atoms with Crippen LogP contribution in [0.3, 0.4) is 0 Å². The zero-order valence-electron chi connectivity index (χ0n) is 9.36. The summed E-state index contributed by atoms with van der Waals surface area (Å²) in [7, 11) is 0. The van der Waals surface area contributed by atoms with Crippen molar-refractivity contribution in [3.8, 4) is 6.07 Å². The lowest BCUT2D eigenvalue weighted by molar-refractivity contribution is -0.00929. The predicted octanol–water partition coefficient (Wildman–Crippen LogP) is 2.17. The highest BCUT2D eigenvalue weighted by atomic mass is 35.5. The zero-order valence-corrected chi connectivity index (χ0v) is 10.1. The molecule has 1 aromatic rings. The van der Waals surface area contributed by atoms with Gasteiger partial charge in [-0.15, -0.1) is 0 Å². The third-order valence-corrected chi connectivity index (χ3v) is 4.02. The molecule has 1 heterocycles. The van der Waals surface area contributed by atoms with Crippen molar-refractivity contribution in [2.45, 2.75) is 18.4 Å². The Labute approximate surface area is 105 Å². The summed E-state index contributed by atoms with van der Waals surface area (Å²) in [5, 5.41) is 19.5. The smallest absolute Gasteiger partial charge is 0.102 e. The maximum atomic E-state index is 10.2. The molecule has 0 atom stereocenters. The fourth-order valence-corrected chi connectivity index (χ4v) is 2.68. The summed E-state index contributed by atoms with van der Waals surface area (Å²) in [6.45, 7) is 1.36. The summed E-state index contributed by atoms with van der Waals surface area (Å²) in [5.41, 5.74) is 0.994. The molecule has 1 N–H and O–H groups in total. The van der Waals surface area contributed by atoms with Crippen LogP contribution in [0.5, 0.6) is 0 Å². The molecule has 1 aromatic carbocycles. The molecular formula is C13H13ClN2O. The van der Waals surface area contributed by atoms with Gasteiger partial charge in [0.2, 0.25) is 0 Å². The number of halogens is 1. The van der Waals surface area contributed by atoms with Crippen LogP contribution in [0.4, 0.5) is 5.69 Å². The van der Waals surface area contributed by atoms with Crippen molar-refractivity contribution < 1.29 is 5.11 Å². The number of hydrogen-bond donors (Lipinski definition) is 1. The van der Waals surface area contributed by atoms with Crippen LogP contribution in [0.15, 0.2) is 18.2 Å². The minimum Gasteiger partial charge on any atom is -0.386 e. The van der Waals surface area contributed by atoms with Crippen LogP contribution in [-0.2, 0) is 0 Å². The van der Waals surface area contributed by atoms with E-state index in [1.54, 1.807) is 12.1 Å². The van der Waals surface area contributed by atoms with Crippen molar-refractivity contribution in [3.63, 3.8) is 0 Å². The average Bonchev–Trinajstić information content (AvgIpc) is 3.08. The molecule has 0 bridgehead atoms. The summed E-state index contributed by atoms with van der Waals surface area (Å²) in [4.78, 5) is 2.10. The first-order chi connectivity index (χ1) is 8.12. The maximum absolute atomic E-state index is 10.2. The monoisotopic (exact) mass is 248 g/mol. The Balaban J connectivity index is 1.75. The normalized spacial score (nSPS) is 21.8. The van der Waals surface area contributed by atoms with E-state index in [1.807, 2.05) is 12.1 Å². The Kier molecular flexibility index (Phi) is 2.32. The van der Waals surface area contributed by atoms with Crippen LogP contribution in [0.2, 0.25) is 5.02 Å². The summed E-state index contributed by atoms with van der Waals surface area (Å²) in [5.74, 6) is 0.493. The second-order valence-corrected chi connectivity index (χ2v) is 5.42. The molecule has 2 fully saturated rings. The Morgan fingerprint density at radius 2 is 2.12 bits per heavy atom. The van der Waals surface area contributed by atoms with Gasteiger partial charge in [-0.25, -0.2) is 0 Å². The van der Waals surface area contributed by atoms with Crippen LogP contribution < -0.4 is 4.90 Å². The van der Waals surface area contributed by atoms with E-state index >= 15 is 0 Å². The largest absolute Gasteiger partial charge is 0.386 e. The van der Waals surface area contributed by atoms with E-state index < -0.39 is 5.60 Å². The minimum absolute atomic E-state index is 0.479. The maximum Gasteiger partial charge on any atom is 0.102 e. The molecule has 1 aliphatic carbocycles. The van der Waals surface area contributed by atoms with E-state index in [9.17, 15) is 5.11 Å². The molecule has 3 rings (SSSR count). The van der Waals surface area contributed by atoms with Gasteiger partial charge in [-0.2, -0.15) is 5.26 Å². The fraction of sp³-hybridized carbons (Fsp3) is 0.462. The van der Waals surface area contributed by atoms with E-state index in [1.165, 1.54) is 0 Å². The molecule has 0 aromatic heterocycles. The van der Waals surface area contributed by atoms with Gasteiger partial charge in [0.1, 0.15) is 11.7 Å². The van der Waals surface area contributed by atoms with Crippen molar-refractivity contribution >= 4 is 17.3 Å². The third-order valence-electron chi connectivity index (χ3n) is 3.70. The second-order valence-electron chi connectivity index (χ2n) is 5.01. The Bertz CT molecular complexity index is 499. The first-order valence-corrected chi connectivity index (χ1v) is 6.17. The van der Waals surface area contributed by atoms with Gasteiger partial charge in [0.25, 0.3) is 0 Å². The van der Waals surface area contributed by atoms with E-state index in [4.69, 9.17) is 16.9 Å². The Hall–Kier alpha value is -1.24. The molecule has 88 valence electrons. The number of nitrogens with zero attached hydrogens (tertiary/aromatic N) is 2. The Morgan fingerprint density at radius 3 is 2.65 bits per heavy atom. The number of rotatable bonds is 2. The lowest BCUT2D eigenvalue weighted by Crippen LogP contribution is -2.63. The number of benzene rings is 1. The van der Waals surface area contributed by atoms with Crippen molar-refractivity contribution in [1.82, 2.24) is 0 Å². The highest BCUT2D eigenvalue weighted by Crippen LogP contribution is 2.45. The average molecular weight is 249 g/mol. The van der Waals surface area contributed by atoms with Gasteiger partial charge in [0, 0.05) is 18.8 Å². The van der Waals surface area contributed by atoms with E-state index in [0.717, 1.165) is 18.5 Å². The summed E-state index contributed by atoms with van der Waals surface area (Å²) in [6.07, 6.45) is 2.30. The van der Waals surface area contributed by atoms with Gasteiger partial charge < -0.3 is 10.0 Å². The second kappa shape index (κ2) is 3.63. The van der Waals surface area contributed by atoms with Gasteiger partial charge in [-0.05, 0) is 37.0 Å². The molecule has 0 spiro atoms. The number of anilines is 1. The molecule has 2 aliphatic rings. The van der Waals surface area contributed by atoms with Crippen LogP contribution in [0.1, 0.15) is 18.4 Å². The van der Waals surface area contributed by atoms with Crippen molar-refractivity contribution in [2.75, 3.05) is 18.0 Å².